The molecule has 7 aromatic carbocycles. The number of para-hydroxylation sites is 2. The zero-order valence-electron chi connectivity index (χ0n) is 31.5. The summed E-state index contributed by atoms with van der Waals surface area (Å²) in [6.07, 6.45) is 0. The first-order chi connectivity index (χ1) is 26.9. The molecule has 0 saturated heterocycles. The molecule has 0 N–H and O–H groups in total. The van der Waals surface area contributed by atoms with E-state index >= 15 is 0 Å². The van der Waals surface area contributed by atoms with Crippen LogP contribution in [-0.4, -0.2) is 19.5 Å². The first-order valence-electron chi connectivity index (χ1n) is 18.8. The quantitative estimate of drug-likeness (QED) is 0.187. The highest BCUT2D eigenvalue weighted by Crippen LogP contribution is 2.39. The summed E-state index contributed by atoms with van der Waals surface area (Å²) in [6.45, 7) is 0. The van der Waals surface area contributed by atoms with Crippen molar-refractivity contribution in [3.05, 3.63) is 170 Å². The van der Waals surface area contributed by atoms with E-state index in [1.165, 1.54) is 0 Å². The SMILES string of the molecule is [2H]c1c([2H])c([2H])c(-c2nc(-c3ccccc3)nc(-c3cccc4c3oc3cc(-n5c6ccccc6c6ccc(-c7ccccc7)cc65)ccc34)n2)c([2H])c1[2H]. The fraction of sp³-hybridized carbons (Fsp3) is 0. The van der Waals surface area contributed by atoms with E-state index in [2.05, 4.69) is 94.5 Å². The maximum Gasteiger partial charge on any atom is 0.167 e. The highest BCUT2D eigenvalue weighted by Gasteiger charge is 2.19. The number of aromatic nitrogens is 4. The van der Waals surface area contributed by atoms with Crippen LogP contribution in [0.1, 0.15) is 6.85 Å². The molecule has 0 bridgehead atoms. The highest BCUT2D eigenvalue weighted by atomic mass is 16.3. The molecular formula is C45H28N4O. The van der Waals surface area contributed by atoms with E-state index in [1.54, 1.807) is 0 Å². The molecule has 5 nitrogen and oxygen atoms in total. The first kappa shape index (κ1) is 23.5. The molecule has 0 fully saturated rings. The zero-order valence-corrected chi connectivity index (χ0v) is 26.5. The predicted molar refractivity (Wildman–Crippen MR) is 203 cm³/mol. The van der Waals surface area contributed by atoms with Crippen LogP contribution >= 0.6 is 0 Å². The van der Waals surface area contributed by atoms with Crippen LogP contribution in [0.5, 0.6) is 0 Å². The van der Waals surface area contributed by atoms with Gasteiger partial charge in [-0.3, -0.25) is 0 Å². The van der Waals surface area contributed by atoms with Gasteiger partial charge in [0.15, 0.2) is 17.5 Å². The number of rotatable bonds is 5. The van der Waals surface area contributed by atoms with Gasteiger partial charge in [0.2, 0.25) is 0 Å². The van der Waals surface area contributed by atoms with Crippen molar-refractivity contribution in [2.45, 2.75) is 0 Å². The van der Waals surface area contributed by atoms with Gasteiger partial charge in [-0.05, 0) is 41.5 Å². The average molecular weight is 646 g/mol. The van der Waals surface area contributed by atoms with Gasteiger partial charge in [-0.1, -0.05) is 133 Å². The molecule has 0 saturated carbocycles. The Labute approximate surface area is 294 Å². The van der Waals surface area contributed by atoms with E-state index < -0.39 is 30.2 Å². The number of hydrogen-bond acceptors (Lipinski definition) is 4. The first-order valence-corrected chi connectivity index (χ1v) is 16.3. The lowest BCUT2D eigenvalue weighted by atomic mass is 10.0. The third kappa shape index (κ3) is 4.60. The van der Waals surface area contributed by atoms with Crippen LogP contribution in [0.4, 0.5) is 0 Å². The van der Waals surface area contributed by atoms with Gasteiger partial charge < -0.3 is 8.98 Å². The maximum absolute atomic E-state index is 8.67. The molecule has 0 radical (unpaired) electrons. The van der Waals surface area contributed by atoms with Gasteiger partial charge in [0, 0.05) is 44.4 Å². The summed E-state index contributed by atoms with van der Waals surface area (Å²) in [6, 6.07) is 44.5. The lowest BCUT2D eigenvalue weighted by Gasteiger charge is -2.09. The van der Waals surface area contributed by atoms with Gasteiger partial charge in [0.1, 0.15) is 11.2 Å². The van der Waals surface area contributed by atoms with Gasteiger partial charge in [-0.25, -0.2) is 15.0 Å². The molecule has 5 heteroatoms. The van der Waals surface area contributed by atoms with Crippen molar-refractivity contribution >= 4 is 43.7 Å². The summed E-state index contributed by atoms with van der Waals surface area (Å²) >= 11 is 0. The number of benzene rings is 7. The Morgan fingerprint density at radius 2 is 1.12 bits per heavy atom. The summed E-state index contributed by atoms with van der Waals surface area (Å²) in [7, 11) is 0. The number of hydrogen-bond donors (Lipinski definition) is 0. The van der Waals surface area contributed by atoms with Gasteiger partial charge >= 0.3 is 0 Å². The monoisotopic (exact) mass is 645 g/mol. The summed E-state index contributed by atoms with van der Waals surface area (Å²) in [5, 5.41) is 4.08. The van der Waals surface area contributed by atoms with Crippen LogP contribution in [0.2, 0.25) is 0 Å². The Morgan fingerprint density at radius 3 is 1.94 bits per heavy atom. The smallest absolute Gasteiger partial charge is 0.167 e. The predicted octanol–water partition coefficient (Wildman–Crippen LogP) is 11.5. The third-order valence-corrected chi connectivity index (χ3v) is 9.15. The fourth-order valence-electron chi connectivity index (χ4n) is 6.85. The van der Waals surface area contributed by atoms with Crippen molar-refractivity contribution in [3.8, 4) is 51.0 Å². The second kappa shape index (κ2) is 11.4. The molecule has 0 amide bonds. The van der Waals surface area contributed by atoms with E-state index in [0.29, 0.717) is 28.1 Å². The number of nitrogens with zero attached hydrogens (tertiary/aromatic N) is 4. The van der Waals surface area contributed by atoms with Crippen molar-refractivity contribution in [2.24, 2.45) is 0 Å². The number of fused-ring (bicyclic) bond motifs is 6. The van der Waals surface area contributed by atoms with Gasteiger partial charge in [-0.2, -0.15) is 0 Å². The molecule has 3 aromatic heterocycles. The number of furan rings is 1. The van der Waals surface area contributed by atoms with Crippen LogP contribution in [0.3, 0.4) is 0 Å². The molecule has 3 heterocycles. The van der Waals surface area contributed by atoms with Crippen molar-refractivity contribution in [1.82, 2.24) is 19.5 Å². The maximum atomic E-state index is 8.67. The molecule has 0 unspecified atom stereocenters. The lowest BCUT2D eigenvalue weighted by molar-refractivity contribution is 0.669. The topological polar surface area (TPSA) is 56.7 Å². The van der Waals surface area contributed by atoms with Crippen molar-refractivity contribution in [1.29, 1.82) is 0 Å². The average Bonchev–Trinajstić information content (AvgIpc) is 3.78. The lowest BCUT2D eigenvalue weighted by Crippen LogP contribution is -2.00. The van der Waals surface area contributed by atoms with Crippen molar-refractivity contribution in [2.75, 3.05) is 0 Å². The summed E-state index contributed by atoms with van der Waals surface area (Å²) in [5.74, 6) is 0.512. The minimum absolute atomic E-state index is 0.0301. The molecule has 50 heavy (non-hydrogen) atoms. The second-order valence-electron chi connectivity index (χ2n) is 12.1. The minimum Gasteiger partial charge on any atom is -0.455 e. The zero-order chi connectivity index (χ0) is 37.4. The molecule has 0 atom stereocenters. The summed E-state index contributed by atoms with van der Waals surface area (Å²) in [4.78, 5) is 14.3. The molecule has 10 aromatic rings. The molecule has 0 aliphatic rings. The molecule has 0 aliphatic carbocycles. The third-order valence-electron chi connectivity index (χ3n) is 9.15. The standard InChI is InChI=1S/C45H28N4O/c1-4-13-29(14-5-1)32-23-25-35-34-19-10-11-22-39(34)49(40(35)27-32)33-24-26-36-37-20-12-21-38(42(37)50-41(36)28-33)45-47-43(30-15-6-2-7-16-30)46-44(48-45)31-17-8-3-9-18-31/h1-28H/i2D,6D,7D,15D,16D. The van der Waals surface area contributed by atoms with E-state index in [-0.39, 0.29) is 17.2 Å². The highest BCUT2D eigenvalue weighted by molar-refractivity contribution is 6.12. The van der Waals surface area contributed by atoms with Crippen LogP contribution in [0.15, 0.2) is 174 Å². The Bertz CT molecular complexity index is 3130. The van der Waals surface area contributed by atoms with Crippen LogP contribution in [0.25, 0.3) is 94.7 Å². The van der Waals surface area contributed by atoms with Crippen molar-refractivity contribution < 1.29 is 11.3 Å². The molecule has 0 spiro atoms. The normalized spacial score (nSPS) is 13.0. The van der Waals surface area contributed by atoms with Gasteiger partial charge in [0.25, 0.3) is 0 Å². The molecule has 0 aliphatic heterocycles. The van der Waals surface area contributed by atoms with Gasteiger partial charge in [0.05, 0.1) is 23.5 Å². The Balaban J connectivity index is 1.18. The van der Waals surface area contributed by atoms with E-state index in [1.807, 2.05) is 54.6 Å². The summed E-state index contributed by atoms with van der Waals surface area (Å²) in [5.41, 5.74) is 7.76. The van der Waals surface area contributed by atoms with E-state index in [4.69, 9.17) is 21.2 Å². The second-order valence-corrected chi connectivity index (χ2v) is 12.1. The van der Waals surface area contributed by atoms with E-state index in [0.717, 1.165) is 49.4 Å². The van der Waals surface area contributed by atoms with Crippen molar-refractivity contribution in [3.63, 3.8) is 0 Å². The van der Waals surface area contributed by atoms with Crippen LogP contribution in [0, 0.1) is 0 Å². The van der Waals surface area contributed by atoms with E-state index in [9.17, 15) is 0 Å². The summed E-state index contributed by atoms with van der Waals surface area (Å²) < 4.78 is 51.0. The molecular weight excluding hydrogens is 613 g/mol. The Kier molecular flexibility index (Phi) is 5.35. The Morgan fingerprint density at radius 1 is 0.460 bits per heavy atom. The largest absolute Gasteiger partial charge is 0.455 e. The van der Waals surface area contributed by atoms with Crippen LogP contribution in [-0.2, 0) is 0 Å². The van der Waals surface area contributed by atoms with Crippen LogP contribution < -0.4 is 0 Å². The molecule has 10 rings (SSSR count). The minimum atomic E-state index is -0.486. The van der Waals surface area contributed by atoms with Gasteiger partial charge in [-0.15, -0.1) is 0 Å². The fourth-order valence-corrected chi connectivity index (χ4v) is 6.85. The molecule has 234 valence electrons. The Hall–Kier alpha value is -6.85.